The van der Waals surface area contributed by atoms with Crippen LogP contribution in [0.4, 0.5) is 4.79 Å². The summed E-state index contributed by atoms with van der Waals surface area (Å²) in [5, 5.41) is 9.80. The summed E-state index contributed by atoms with van der Waals surface area (Å²) in [5.74, 6) is 0.396. The van der Waals surface area contributed by atoms with Crippen LogP contribution in [0.5, 0.6) is 0 Å². The average molecular weight is 210 g/mol. The van der Waals surface area contributed by atoms with Crippen molar-refractivity contribution in [2.75, 3.05) is 5.88 Å². The number of nitrogens with two attached hydrogens (primary N) is 1. The van der Waals surface area contributed by atoms with Crippen molar-refractivity contribution in [3.63, 3.8) is 0 Å². The fraction of sp³-hybridized carbons (Fsp3) is 0.222. The summed E-state index contributed by atoms with van der Waals surface area (Å²) in [5.41, 5.74) is 5.87. The highest BCUT2D eigenvalue weighted by Gasteiger charge is 2.27. The molecule has 0 bridgehead atoms. The Balaban J connectivity index is 2.36. The van der Waals surface area contributed by atoms with Crippen molar-refractivity contribution < 1.29 is 9.90 Å². The molecule has 1 aliphatic heterocycles. The van der Waals surface area contributed by atoms with Crippen molar-refractivity contribution in [3.8, 4) is 0 Å². The van der Waals surface area contributed by atoms with Gasteiger partial charge in [0, 0.05) is 10.5 Å². The Hall–Kier alpha value is -1.20. The minimum absolute atomic E-state index is 0.396. The maximum atomic E-state index is 10.9. The van der Waals surface area contributed by atoms with E-state index in [0.29, 0.717) is 5.88 Å². The van der Waals surface area contributed by atoms with Gasteiger partial charge in [0.25, 0.3) is 0 Å². The number of hydrogen-bond donors (Lipinski definition) is 2. The van der Waals surface area contributed by atoms with Gasteiger partial charge in [0.1, 0.15) is 0 Å². The minimum atomic E-state index is -0.912. The number of aliphatic hydroxyl groups excluding tert-OH is 1. The number of benzene rings is 1. The number of aliphatic hydroxyl groups is 1. The number of primary amides is 1. The largest absolute Gasteiger partial charge is 0.369 e. The number of hydrogen-bond acceptors (Lipinski definition) is 3. The van der Waals surface area contributed by atoms with Crippen molar-refractivity contribution in [1.29, 1.82) is 0 Å². The number of nitrogens with zero attached hydrogens (tertiary/aromatic N) is 1. The van der Waals surface area contributed by atoms with Gasteiger partial charge in [-0.05, 0) is 6.07 Å². The lowest BCUT2D eigenvalue weighted by molar-refractivity contribution is 0.0402. The molecule has 4 nitrogen and oxygen atoms in total. The molecule has 2 rings (SSSR count). The van der Waals surface area contributed by atoms with Crippen molar-refractivity contribution in [3.05, 3.63) is 29.8 Å². The lowest BCUT2D eigenvalue weighted by Gasteiger charge is -2.31. The van der Waals surface area contributed by atoms with E-state index in [2.05, 4.69) is 0 Å². The predicted molar refractivity (Wildman–Crippen MR) is 53.5 cm³/mol. The third kappa shape index (κ3) is 1.44. The standard InChI is InChI=1S/C9H10N2O2S/c10-9(13)11-5-14-7-4-2-1-3-6(7)8(11)12/h1-4,8,12H,5H2,(H2,10,13). The van der Waals surface area contributed by atoms with Gasteiger partial charge in [-0.3, -0.25) is 4.90 Å². The van der Waals surface area contributed by atoms with Crippen LogP contribution in [0.25, 0.3) is 0 Å². The summed E-state index contributed by atoms with van der Waals surface area (Å²) in [6.45, 7) is 0. The number of thioether (sulfide) groups is 1. The Labute approximate surface area is 85.7 Å². The fourth-order valence-electron chi connectivity index (χ4n) is 1.39. The van der Waals surface area contributed by atoms with E-state index >= 15 is 0 Å². The quantitative estimate of drug-likeness (QED) is 0.674. The predicted octanol–water partition coefficient (Wildman–Crippen LogP) is 1.12. The molecule has 3 N–H and O–H groups in total. The van der Waals surface area contributed by atoms with Crippen molar-refractivity contribution in [1.82, 2.24) is 4.90 Å². The van der Waals surface area contributed by atoms with Gasteiger partial charge < -0.3 is 10.8 Å². The van der Waals surface area contributed by atoms with Crippen LogP contribution in [-0.2, 0) is 0 Å². The molecular weight excluding hydrogens is 200 g/mol. The van der Waals surface area contributed by atoms with E-state index in [4.69, 9.17) is 5.73 Å². The first-order valence-corrected chi connectivity index (χ1v) is 5.14. The molecule has 0 fully saturated rings. The van der Waals surface area contributed by atoms with Gasteiger partial charge in [0.2, 0.25) is 0 Å². The Bertz CT molecular complexity index is 370. The molecule has 74 valence electrons. The van der Waals surface area contributed by atoms with Crippen molar-refractivity contribution in [2.45, 2.75) is 11.1 Å². The van der Waals surface area contributed by atoms with E-state index in [0.717, 1.165) is 10.5 Å². The first-order chi connectivity index (χ1) is 6.70. The molecule has 14 heavy (non-hydrogen) atoms. The molecule has 0 aromatic heterocycles. The van der Waals surface area contributed by atoms with Crippen molar-refractivity contribution >= 4 is 17.8 Å². The molecule has 1 unspecified atom stereocenters. The SMILES string of the molecule is NC(=O)N1CSc2ccccc2C1O. The molecule has 1 aliphatic rings. The number of urea groups is 1. The summed E-state index contributed by atoms with van der Waals surface area (Å²) in [6, 6.07) is 6.84. The molecule has 0 saturated heterocycles. The molecule has 1 heterocycles. The van der Waals surface area contributed by atoms with E-state index in [1.54, 1.807) is 6.07 Å². The summed E-state index contributed by atoms with van der Waals surface area (Å²) in [6.07, 6.45) is -0.912. The van der Waals surface area contributed by atoms with Gasteiger partial charge in [-0.1, -0.05) is 18.2 Å². The van der Waals surface area contributed by atoms with E-state index < -0.39 is 12.3 Å². The monoisotopic (exact) mass is 210 g/mol. The molecule has 1 aromatic carbocycles. The lowest BCUT2D eigenvalue weighted by Crippen LogP contribution is -2.40. The van der Waals surface area contributed by atoms with Gasteiger partial charge in [-0.2, -0.15) is 0 Å². The van der Waals surface area contributed by atoms with Gasteiger partial charge in [0.05, 0.1) is 5.88 Å². The highest BCUT2D eigenvalue weighted by atomic mass is 32.2. The van der Waals surface area contributed by atoms with Crippen LogP contribution in [-0.4, -0.2) is 21.9 Å². The molecule has 2 amide bonds. The van der Waals surface area contributed by atoms with Crippen LogP contribution in [0.1, 0.15) is 11.8 Å². The Morgan fingerprint density at radius 3 is 3.00 bits per heavy atom. The molecular formula is C9H10N2O2S. The second-order valence-corrected chi connectivity index (χ2v) is 3.98. The van der Waals surface area contributed by atoms with E-state index in [-0.39, 0.29) is 0 Å². The van der Waals surface area contributed by atoms with Crippen LogP contribution in [0.3, 0.4) is 0 Å². The zero-order chi connectivity index (χ0) is 10.1. The van der Waals surface area contributed by atoms with E-state index in [1.165, 1.54) is 16.7 Å². The van der Waals surface area contributed by atoms with Gasteiger partial charge in [0.15, 0.2) is 6.23 Å². The maximum Gasteiger partial charge on any atom is 0.317 e. The topological polar surface area (TPSA) is 66.6 Å². The fourth-order valence-corrected chi connectivity index (χ4v) is 2.45. The molecule has 0 saturated carbocycles. The number of fused-ring (bicyclic) bond motifs is 1. The van der Waals surface area contributed by atoms with Crippen LogP contribution >= 0.6 is 11.8 Å². The maximum absolute atomic E-state index is 10.9. The second-order valence-electron chi connectivity index (χ2n) is 2.99. The second kappa shape index (κ2) is 3.51. The first kappa shape index (κ1) is 9.36. The first-order valence-electron chi connectivity index (χ1n) is 4.16. The van der Waals surface area contributed by atoms with Gasteiger partial charge >= 0.3 is 6.03 Å². The van der Waals surface area contributed by atoms with Crippen molar-refractivity contribution in [2.24, 2.45) is 5.73 Å². The average Bonchev–Trinajstić information content (AvgIpc) is 2.18. The smallest absolute Gasteiger partial charge is 0.317 e. The minimum Gasteiger partial charge on any atom is -0.369 e. The van der Waals surface area contributed by atoms with Crippen LogP contribution in [0.15, 0.2) is 29.2 Å². The number of amides is 2. The molecule has 0 radical (unpaired) electrons. The van der Waals surface area contributed by atoms with Crippen LogP contribution in [0.2, 0.25) is 0 Å². The van der Waals surface area contributed by atoms with E-state index in [9.17, 15) is 9.90 Å². The summed E-state index contributed by atoms with van der Waals surface area (Å²) < 4.78 is 0. The molecule has 5 heteroatoms. The summed E-state index contributed by atoms with van der Waals surface area (Å²) in [7, 11) is 0. The third-order valence-corrected chi connectivity index (χ3v) is 3.22. The number of carbonyl (C=O) groups excluding carboxylic acids is 1. The Morgan fingerprint density at radius 1 is 1.57 bits per heavy atom. The summed E-state index contributed by atoms with van der Waals surface area (Å²) >= 11 is 1.49. The Kier molecular flexibility index (Phi) is 2.35. The summed E-state index contributed by atoms with van der Waals surface area (Å²) in [4.78, 5) is 13.2. The zero-order valence-corrected chi connectivity index (χ0v) is 8.20. The number of rotatable bonds is 0. The highest BCUT2D eigenvalue weighted by Crippen LogP contribution is 2.35. The van der Waals surface area contributed by atoms with Gasteiger partial charge in [-0.25, -0.2) is 4.79 Å². The number of carbonyl (C=O) groups is 1. The van der Waals surface area contributed by atoms with Gasteiger partial charge in [-0.15, -0.1) is 11.8 Å². The molecule has 1 aromatic rings. The molecule has 0 aliphatic carbocycles. The Morgan fingerprint density at radius 2 is 2.29 bits per heavy atom. The lowest BCUT2D eigenvalue weighted by atomic mass is 10.2. The normalized spacial score (nSPS) is 20.4. The zero-order valence-electron chi connectivity index (χ0n) is 7.38. The molecule has 0 spiro atoms. The molecule has 1 atom stereocenters. The van der Waals surface area contributed by atoms with E-state index in [1.807, 2.05) is 18.2 Å². The highest BCUT2D eigenvalue weighted by molar-refractivity contribution is 7.99. The van der Waals surface area contributed by atoms with Crippen LogP contribution in [0, 0.1) is 0 Å². The third-order valence-electron chi connectivity index (χ3n) is 2.13. The van der Waals surface area contributed by atoms with Crippen LogP contribution < -0.4 is 5.73 Å².